The number of hydrogen-bond acceptors (Lipinski definition) is 5. The third-order valence-corrected chi connectivity index (χ3v) is 6.41. The second kappa shape index (κ2) is 7.72. The highest BCUT2D eigenvalue weighted by atomic mass is 127. The number of halogens is 1. The molecule has 1 saturated heterocycles. The summed E-state index contributed by atoms with van der Waals surface area (Å²) in [6.45, 7) is 4.50. The van der Waals surface area contributed by atoms with E-state index in [1.165, 1.54) is 6.07 Å². The molecule has 136 valence electrons. The van der Waals surface area contributed by atoms with E-state index >= 15 is 0 Å². The zero-order chi connectivity index (χ0) is 17.3. The second-order valence-corrected chi connectivity index (χ2v) is 8.77. The summed E-state index contributed by atoms with van der Waals surface area (Å²) < 4.78 is 28.6. The number of carbonyl (C=O) groups excluding carboxylic acids is 1. The fourth-order valence-corrected chi connectivity index (χ4v) is 3.79. The lowest BCUT2D eigenvalue weighted by Crippen LogP contribution is -2.57. The lowest BCUT2D eigenvalue weighted by molar-refractivity contribution is 0.0972. The Kier molecular flexibility index (Phi) is 6.67. The van der Waals surface area contributed by atoms with Crippen molar-refractivity contribution in [1.82, 2.24) is 10.2 Å². The first-order chi connectivity index (χ1) is 10.7. The Morgan fingerprint density at radius 1 is 1.46 bits per heavy atom. The molecule has 10 heteroatoms. The van der Waals surface area contributed by atoms with E-state index in [4.69, 9.17) is 10.2 Å². The van der Waals surface area contributed by atoms with Gasteiger partial charge in [-0.05, 0) is 26.0 Å². The van der Waals surface area contributed by atoms with Crippen LogP contribution >= 0.6 is 24.0 Å². The lowest BCUT2D eigenvalue weighted by Gasteiger charge is -2.39. The summed E-state index contributed by atoms with van der Waals surface area (Å²) in [5.41, 5.74) is 5.14. The summed E-state index contributed by atoms with van der Waals surface area (Å²) in [7, 11) is -1.47. The predicted octanol–water partition coefficient (Wildman–Crippen LogP) is 0.581. The van der Waals surface area contributed by atoms with Gasteiger partial charge in [0, 0.05) is 20.1 Å². The molecule has 0 aromatic carbocycles. The summed E-state index contributed by atoms with van der Waals surface area (Å²) in [6.07, 6.45) is 0. The number of nitrogens with zero attached hydrogens (tertiary/aromatic N) is 2. The molecule has 0 atom stereocenters. The van der Waals surface area contributed by atoms with E-state index in [1.54, 1.807) is 27.0 Å². The summed E-state index contributed by atoms with van der Waals surface area (Å²) in [5, 5.41) is 3.11. The van der Waals surface area contributed by atoms with Gasteiger partial charge < -0.3 is 20.4 Å². The summed E-state index contributed by atoms with van der Waals surface area (Å²) in [4.78, 5) is 17.1. The average Bonchev–Trinajstić information content (AvgIpc) is 2.92. The summed E-state index contributed by atoms with van der Waals surface area (Å²) in [6, 6.07) is 3.17. The molecule has 1 aliphatic rings. The Hall–Kier alpha value is -1.30. The molecule has 0 saturated carbocycles. The molecular formula is C14H23IN4O4S. The first-order valence-corrected chi connectivity index (χ1v) is 8.88. The molecule has 1 aromatic heterocycles. The van der Waals surface area contributed by atoms with Crippen LogP contribution in [0.3, 0.4) is 0 Å². The molecule has 2 heterocycles. The van der Waals surface area contributed by atoms with Crippen molar-refractivity contribution >= 4 is 45.7 Å². The van der Waals surface area contributed by atoms with Gasteiger partial charge in [-0.2, -0.15) is 0 Å². The molecule has 0 aliphatic carbocycles. The number of guanidine groups is 1. The summed E-state index contributed by atoms with van der Waals surface area (Å²) in [5.74, 6) is 0.701. The van der Waals surface area contributed by atoms with Crippen LogP contribution in [0.2, 0.25) is 0 Å². The molecule has 2 rings (SSSR count). The van der Waals surface area contributed by atoms with Gasteiger partial charge in [-0.25, -0.2) is 8.42 Å². The molecule has 0 spiro atoms. The molecule has 0 unspecified atom stereocenters. The third kappa shape index (κ3) is 4.41. The maximum atomic E-state index is 12.1. The van der Waals surface area contributed by atoms with E-state index < -0.39 is 20.5 Å². The van der Waals surface area contributed by atoms with Crippen LogP contribution in [0.1, 0.15) is 30.2 Å². The Morgan fingerprint density at radius 3 is 2.62 bits per heavy atom. The van der Waals surface area contributed by atoms with E-state index in [9.17, 15) is 13.2 Å². The number of carbonyl (C=O) groups is 1. The minimum atomic E-state index is -3.10. The van der Waals surface area contributed by atoms with E-state index in [-0.39, 0.29) is 35.5 Å². The molecule has 3 N–H and O–H groups in total. The van der Waals surface area contributed by atoms with Crippen molar-refractivity contribution in [2.75, 3.05) is 25.9 Å². The molecule has 0 bridgehead atoms. The van der Waals surface area contributed by atoms with Gasteiger partial charge in [0.2, 0.25) is 0 Å². The van der Waals surface area contributed by atoms with Crippen molar-refractivity contribution in [3.63, 3.8) is 0 Å². The number of nitrogens with two attached hydrogens (primary N) is 1. The highest BCUT2D eigenvalue weighted by Crippen LogP contribution is 2.23. The highest BCUT2D eigenvalue weighted by molar-refractivity contribution is 14.0. The smallest absolute Gasteiger partial charge is 0.284 e. The topological polar surface area (TPSA) is 118 Å². The standard InChI is InChI=1S/C14H22N4O4S.HI/c1-14(2)9-18(6-7-23(14,20)21)13(16-3)17-8-10-4-5-11(22-10)12(15)19;/h4-5H,6-9H2,1-3H3,(H2,15,19)(H,16,17);1H. The van der Waals surface area contributed by atoms with E-state index in [2.05, 4.69) is 10.3 Å². The van der Waals surface area contributed by atoms with Crippen molar-refractivity contribution in [2.45, 2.75) is 25.1 Å². The number of aliphatic imine (C=N–C) groups is 1. The quantitative estimate of drug-likeness (QED) is 0.379. The van der Waals surface area contributed by atoms with Gasteiger partial charge in [0.1, 0.15) is 5.76 Å². The number of amides is 1. The minimum Gasteiger partial charge on any atom is -0.454 e. The lowest BCUT2D eigenvalue weighted by atomic mass is 10.2. The second-order valence-electron chi connectivity index (χ2n) is 6.03. The van der Waals surface area contributed by atoms with Crippen LogP contribution in [0.15, 0.2) is 21.5 Å². The highest BCUT2D eigenvalue weighted by Gasteiger charge is 2.40. The van der Waals surface area contributed by atoms with E-state index in [1.807, 2.05) is 4.90 Å². The maximum absolute atomic E-state index is 12.1. The molecular weight excluding hydrogens is 447 g/mol. The Bertz CT molecular complexity index is 727. The monoisotopic (exact) mass is 470 g/mol. The van der Waals surface area contributed by atoms with Crippen molar-refractivity contribution in [1.29, 1.82) is 0 Å². The van der Waals surface area contributed by atoms with Gasteiger partial charge in [-0.1, -0.05) is 0 Å². The largest absolute Gasteiger partial charge is 0.454 e. The van der Waals surface area contributed by atoms with Gasteiger partial charge >= 0.3 is 0 Å². The molecule has 1 aromatic rings. The van der Waals surface area contributed by atoms with Crippen LogP contribution in [-0.4, -0.2) is 55.8 Å². The van der Waals surface area contributed by atoms with Crippen LogP contribution in [0.5, 0.6) is 0 Å². The molecule has 1 fully saturated rings. The van der Waals surface area contributed by atoms with Crippen LogP contribution in [0.25, 0.3) is 0 Å². The van der Waals surface area contributed by atoms with Crippen molar-refractivity contribution < 1.29 is 17.6 Å². The molecule has 24 heavy (non-hydrogen) atoms. The zero-order valence-corrected chi connectivity index (χ0v) is 17.1. The van der Waals surface area contributed by atoms with Crippen molar-refractivity contribution in [2.24, 2.45) is 10.7 Å². The number of primary amides is 1. The molecule has 0 radical (unpaired) electrons. The van der Waals surface area contributed by atoms with Crippen molar-refractivity contribution in [3.05, 3.63) is 23.7 Å². The van der Waals surface area contributed by atoms with Gasteiger partial charge in [0.05, 0.1) is 17.0 Å². The molecule has 1 amide bonds. The number of sulfone groups is 1. The SMILES string of the molecule is CN=C(NCc1ccc(C(N)=O)o1)N1CCS(=O)(=O)C(C)(C)C1.I. The van der Waals surface area contributed by atoms with Gasteiger partial charge in [0.15, 0.2) is 21.6 Å². The fourth-order valence-electron chi connectivity index (χ4n) is 2.43. The predicted molar refractivity (Wildman–Crippen MR) is 102 cm³/mol. The Morgan fingerprint density at radius 2 is 2.12 bits per heavy atom. The van der Waals surface area contributed by atoms with Crippen LogP contribution in [0, 0.1) is 0 Å². The van der Waals surface area contributed by atoms with Gasteiger partial charge in [0.25, 0.3) is 5.91 Å². The van der Waals surface area contributed by atoms with Gasteiger partial charge in [-0.15, -0.1) is 24.0 Å². The van der Waals surface area contributed by atoms with Crippen LogP contribution < -0.4 is 11.1 Å². The molecule has 8 nitrogen and oxygen atoms in total. The van der Waals surface area contributed by atoms with Crippen molar-refractivity contribution in [3.8, 4) is 0 Å². The average molecular weight is 470 g/mol. The number of furan rings is 1. The number of hydrogen-bond donors (Lipinski definition) is 2. The zero-order valence-electron chi connectivity index (χ0n) is 13.9. The number of nitrogens with one attached hydrogen (secondary N) is 1. The van der Waals surface area contributed by atoms with E-state index in [0.29, 0.717) is 31.4 Å². The summed E-state index contributed by atoms with van der Waals surface area (Å²) >= 11 is 0. The van der Waals surface area contributed by atoms with Crippen LogP contribution in [0.4, 0.5) is 0 Å². The maximum Gasteiger partial charge on any atom is 0.284 e. The van der Waals surface area contributed by atoms with Crippen LogP contribution in [-0.2, 0) is 16.4 Å². The minimum absolute atomic E-state index is 0. The normalized spacial score (nSPS) is 19.5. The first-order valence-electron chi connectivity index (χ1n) is 7.23. The third-order valence-electron chi connectivity index (χ3n) is 3.88. The Balaban J connectivity index is 0.00000288. The van der Waals surface area contributed by atoms with Gasteiger partial charge in [-0.3, -0.25) is 9.79 Å². The fraction of sp³-hybridized carbons (Fsp3) is 0.571. The first kappa shape index (κ1) is 20.7. The van der Waals surface area contributed by atoms with E-state index in [0.717, 1.165) is 0 Å². The molecule has 1 aliphatic heterocycles. The Labute approximate surface area is 158 Å². The number of rotatable bonds is 3.